The Morgan fingerprint density at radius 1 is 0.927 bits per heavy atom. The van der Waals surface area contributed by atoms with Crippen molar-refractivity contribution in [1.82, 2.24) is 4.90 Å². The Morgan fingerprint density at radius 2 is 1.63 bits per heavy atom. The molecule has 0 unspecified atom stereocenters. The van der Waals surface area contributed by atoms with Crippen LogP contribution in [0.3, 0.4) is 0 Å². The molecule has 6 rings (SSSR count). The highest BCUT2D eigenvalue weighted by Crippen LogP contribution is 2.75. The summed E-state index contributed by atoms with van der Waals surface area (Å²) >= 11 is 0. The molecule has 0 aromatic carbocycles. The number of rotatable bonds is 3. The summed E-state index contributed by atoms with van der Waals surface area (Å²) in [4.78, 5) is 28.8. The highest BCUT2D eigenvalue weighted by atomic mass is 16.5. The van der Waals surface area contributed by atoms with E-state index in [0.717, 1.165) is 70.9 Å². The normalized spacial score (nSPS) is 48.7. The zero-order chi connectivity index (χ0) is 29.6. The summed E-state index contributed by atoms with van der Waals surface area (Å²) in [6, 6.07) is 0. The number of aliphatic hydroxyl groups excluding tert-OH is 1. The van der Waals surface area contributed by atoms with Gasteiger partial charge in [-0.1, -0.05) is 60.1 Å². The second-order valence-corrected chi connectivity index (χ2v) is 16.8. The van der Waals surface area contributed by atoms with E-state index in [0.29, 0.717) is 23.7 Å². The largest absolute Gasteiger partial charge is 0.455 e. The Morgan fingerprint density at radius 3 is 2.34 bits per heavy atom. The van der Waals surface area contributed by atoms with Gasteiger partial charge in [0.25, 0.3) is 5.91 Å². The van der Waals surface area contributed by atoms with Gasteiger partial charge in [0.2, 0.25) is 0 Å². The van der Waals surface area contributed by atoms with Gasteiger partial charge >= 0.3 is 5.97 Å². The Balaban J connectivity index is 1.34. The van der Waals surface area contributed by atoms with Gasteiger partial charge in [-0.2, -0.15) is 0 Å². The zero-order valence-corrected chi connectivity index (χ0v) is 27.1. The molecule has 1 amide bonds. The van der Waals surface area contributed by atoms with E-state index in [4.69, 9.17) is 4.74 Å². The van der Waals surface area contributed by atoms with Gasteiger partial charge in [-0.25, -0.2) is 0 Å². The van der Waals surface area contributed by atoms with Crippen LogP contribution >= 0.6 is 0 Å². The summed E-state index contributed by atoms with van der Waals surface area (Å²) in [5.41, 5.74) is 1.42. The summed E-state index contributed by atoms with van der Waals surface area (Å²) < 4.78 is 5.98. The van der Waals surface area contributed by atoms with Crippen LogP contribution in [0.25, 0.3) is 0 Å². The number of hydrogen-bond acceptors (Lipinski definition) is 4. The van der Waals surface area contributed by atoms with Crippen LogP contribution in [0.15, 0.2) is 11.6 Å². The summed E-state index contributed by atoms with van der Waals surface area (Å²) in [6.45, 7) is 18.6. The lowest BCUT2D eigenvalue weighted by atomic mass is 9.33. The van der Waals surface area contributed by atoms with E-state index in [1.807, 2.05) is 4.90 Å². The van der Waals surface area contributed by atoms with E-state index in [-0.39, 0.29) is 52.2 Å². The van der Waals surface area contributed by atoms with Crippen LogP contribution in [0.4, 0.5) is 0 Å². The van der Waals surface area contributed by atoms with Crippen LogP contribution in [-0.4, -0.2) is 47.7 Å². The van der Waals surface area contributed by atoms with Gasteiger partial charge in [-0.05, 0) is 122 Å². The molecule has 0 aromatic rings. The first kappa shape index (κ1) is 29.7. The Bertz CT molecular complexity index is 1110. The number of amides is 1. The lowest BCUT2D eigenvalue weighted by molar-refractivity contribution is -0.207. The fraction of sp³-hybridized carbons (Fsp3) is 0.889. The highest BCUT2D eigenvalue weighted by molar-refractivity contribution is 5.84. The Kier molecular flexibility index (Phi) is 7.12. The molecule has 41 heavy (non-hydrogen) atoms. The third kappa shape index (κ3) is 4.02. The van der Waals surface area contributed by atoms with E-state index in [1.165, 1.54) is 12.8 Å². The fourth-order valence-electron chi connectivity index (χ4n) is 12.2. The van der Waals surface area contributed by atoms with E-state index in [2.05, 4.69) is 54.5 Å². The zero-order valence-electron chi connectivity index (χ0n) is 27.1. The summed E-state index contributed by atoms with van der Waals surface area (Å²) in [5.74, 6) is 2.15. The highest BCUT2D eigenvalue weighted by Gasteiger charge is 2.69. The van der Waals surface area contributed by atoms with Crippen LogP contribution < -0.4 is 0 Å². The molecule has 6 aliphatic rings. The molecule has 1 aliphatic heterocycles. The van der Waals surface area contributed by atoms with Crippen molar-refractivity contribution in [1.29, 1.82) is 0 Å². The van der Waals surface area contributed by atoms with Gasteiger partial charge in [0.05, 0.1) is 11.5 Å². The molecule has 230 valence electrons. The predicted octanol–water partition coefficient (Wildman–Crippen LogP) is 7.17. The molecule has 0 spiro atoms. The lowest BCUT2D eigenvalue weighted by Crippen LogP contribution is -2.65. The maximum absolute atomic E-state index is 14.2. The van der Waals surface area contributed by atoms with Crippen LogP contribution in [-0.2, 0) is 14.3 Å². The number of hydrogen-bond donors (Lipinski definition) is 1. The third-order valence-corrected chi connectivity index (χ3v) is 15.2. The number of likely N-dealkylation sites (tertiary alicyclic amines) is 1. The third-order valence-electron chi connectivity index (χ3n) is 15.2. The van der Waals surface area contributed by atoms with Gasteiger partial charge in [0, 0.05) is 13.1 Å². The summed E-state index contributed by atoms with van der Waals surface area (Å²) in [7, 11) is 0. The number of ether oxygens (including phenoxy) is 1. The lowest BCUT2D eigenvalue weighted by Gasteiger charge is -2.71. The predicted molar refractivity (Wildman–Crippen MR) is 162 cm³/mol. The second-order valence-electron chi connectivity index (χ2n) is 16.8. The van der Waals surface area contributed by atoms with E-state index >= 15 is 0 Å². The monoisotopic (exact) mass is 567 g/mol. The molecular formula is C36H57NO4. The van der Waals surface area contributed by atoms with Gasteiger partial charge < -0.3 is 14.7 Å². The number of esters is 1. The average Bonchev–Trinajstić information content (AvgIpc) is 3.47. The topological polar surface area (TPSA) is 66.8 Å². The van der Waals surface area contributed by atoms with Gasteiger partial charge in [0.15, 0.2) is 6.61 Å². The number of carbonyl (C=O) groups is 2. The number of nitrogens with zero attached hydrogens (tertiary/aromatic N) is 1. The maximum Gasteiger partial charge on any atom is 0.313 e. The smallest absolute Gasteiger partial charge is 0.313 e. The minimum absolute atomic E-state index is 0.0283. The fourth-order valence-corrected chi connectivity index (χ4v) is 12.2. The quantitative estimate of drug-likeness (QED) is 0.290. The molecule has 0 aromatic heterocycles. The molecule has 5 heteroatoms. The first-order valence-electron chi connectivity index (χ1n) is 17.1. The van der Waals surface area contributed by atoms with Crippen molar-refractivity contribution in [2.45, 2.75) is 125 Å². The number of aliphatic hydroxyl groups is 1. The molecule has 0 radical (unpaired) electrons. The number of fused-ring (bicyclic) bond motifs is 7. The van der Waals surface area contributed by atoms with Crippen molar-refractivity contribution in [2.24, 2.45) is 56.7 Å². The van der Waals surface area contributed by atoms with E-state index in [1.54, 1.807) is 5.57 Å². The average molecular weight is 568 g/mol. The minimum Gasteiger partial charge on any atom is -0.455 e. The minimum atomic E-state index is -0.510. The molecule has 5 aliphatic carbocycles. The van der Waals surface area contributed by atoms with Crippen molar-refractivity contribution in [2.75, 3.05) is 19.7 Å². The van der Waals surface area contributed by atoms with Gasteiger partial charge in [0.1, 0.15) is 0 Å². The molecule has 5 fully saturated rings. The van der Waals surface area contributed by atoms with E-state index < -0.39 is 5.41 Å². The summed E-state index contributed by atoms with van der Waals surface area (Å²) in [5, 5.41) is 11.0. The SMILES string of the molecule is C[C@H]1[C@H](C)CC[C@]2(C(=O)OCC(=O)N3CCCC3)CC[C@]3(C)C(=CC[C@@H]4[C@@]5(C)CC[C@H](O)C(C)(C)[C@@H]5CC[C@]43C)[C@H]12. The van der Waals surface area contributed by atoms with Gasteiger partial charge in [-0.3, -0.25) is 9.59 Å². The van der Waals surface area contributed by atoms with Crippen molar-refractivity contribution in [3.63, 3.8) is 0 Å². The standard InChI is InChI=1S/C36H57NO4/c1-23-12-17-36(31(40)41-22-29(39)37-20-8-9-21-37)19-18-34(6)25(30(36)24(23)2)10-11-27-33(5)15-14-28(38)32(3,4)26(33)13-16-35(27,34)7/h10,23-24,26-28,30,38H,8-9,11-22H2,1-7H3/t23-,24+,26+,27-,28+,30+,33+,34-,35-,36+/m1/s1. The molecular weight excluding hydrogens is 510 g/mol. The first-order valence-corrected chi connectivity index (χ1v) is 17.1. The Labute approximate surface area is 249 Å². The molecule has 10 atom stereocenters. The van der Waals surface area contributed by atoms with Crippen molar-refractivity contribution < 1.29 is 19.4 Å². The molecule has 1 N–H and O–H groups in total. The molecule has 1 saturated heterocycles. The van der Waals surface area contributed by atoms with Crippen molar-refractivity contribution in [3.05, 3.63) is 11.6 Å². The maximum atomic E-state index is 14.2. The van der Waals surface area contributed by atoms with Crippen LogP contribution in [0.5, 0.6) is 0 Å². The molecule has 1 heterocycles. The molecule has 5 nitrogen and oxygen atoms in total. The van der Waals surface area contributed by atoms with Crippen LogP contribution in [0, 0.1) is 56.7 Å². The molecule has 4 saturated carbocycles. The van der Waals surface area contributed by atoms with Crippen molar-refractivity contribution >= 4 is 11.9 Å². The molecule has 0 bridgehead atoms. The first-order chi connectivity index (χ1) is 19.2. The van der Waals surface area contributed by atoms with E-state index in [9.17, 15) is 14.7 Å². The number of allylic oxidation sites excluding steroid dienone is 2. The second kappa shape index (κ2) is 9.83. The van der Waals surface area contributed by atoms with Gasteiger partial charge in [-0.15, -0.1) is 0 Å². The summed E-state index contributed by atoms with van der Waals surface area (Å²) in [6.07, 6.45) is 13.8. The van der Waals surface area contributed by atoms with Crippen LogP contribution in [0.1, 0.15) is 119 Å². The number of carbonyl (C=O) groups excluding carboxylic acids is 2. The van der Waals surface area contributed by atoms with Crippen molar-refractivity contribution in [3.8, 4) is 0 Å². The Hall–Kier alpha value is -1.36. The van der Waals surface area contributed by atoms with Crippen LogP contribution in [0.2, 0.25) is 0 Å².